The summed E-state index contributed by atoms with van der Waals surface area (Å²) < 4.78 is 16.4. The predicted molar refractivity (Wildman–Crippen MR) is 167 cm³/mol. The Balaban J connectivity index is 1.46. The fourth-order valence-corrected chi connectivity index (χ4v) is 6.29. The van der Waals surface area contributed by atoms with Gasteiger partial charge in [-0.15, -0.1) is 0 Å². The Labute approximate surface area is 260 Å². The number of carbonyl (C=O) groups excluding carboxylic acids is 3. The Morgan fingerprint density at radius 2 is 1.77 bits per heavy atom. The number of Topliss-reactive ketones (excluding diaryl/α,β-unsaturated/α-hetero) is 1. The molecule has 2 aromatic carbocycles. The second-order valence-electron chi connectivity index (χ2n) is 12.3. The molecule has 3 heterocycles. The number of carbonyl (C=O) groups is 3. The molecule has 1 fully saturated rings. The van der Waals surface area contributed by atoms with Crippen LogP contribution in [0.15, 0.2) is 42.7 Å². The number of hydrogen-bond acceptors (Lipinski definition) is 6. The average molecular weight is 619 g/mol. The smallest absolute Gasteiger partial charge is 0.245 e. The van der Waals surface area contributed by atoms with E-state index in [2.05, 4.69) is 20.4 Å². The van der Waals surface area contributed by atoms with Crippen LogP contribution < -0.4 is 5.32 Å². The number of amides is 2. The number of nitrogens with one attached hydrogen (secondary N) is 1. The quantitative estimate of drug-likeness (QED) is 0.263. The lowest BCUT2D eigenvalue weighted by Crippen LogP contribution is -2.53. The number of benzene rings is 2. The molecule has 1 aliphatic rings. The van der Waals surface area contributed by atoms with Gasteiger partial charge in [0, 0.05) is 41.9 Å². The van der Waals surface area contributed by atoms with Crippen molar-refractivity contribution in [2.45, 2.75) is 79.1 Å². The highest BCUT2D eigenvalue weighted by Crippen LogP contribution is 2.34. The summed E-state index contributed by atoms with van der Waals surface area (Å²) in [5, 5.41) is 8.12. The third kappa shape index (κ3) is 5.70. The SMILES string of the molecule is CC(=O)c1nn(CC(=O)N2[C@H](C)[C@@H](C)C[C@H]2C(=O)NC(C)(C)c2cccc(Cl)c2F)c2c(C)cc(-c3cnc(C)nc3)cc12. The molecule has 44 heavy (non-hydrogen) atoms. The Bertz CT molecular complexity index is 1780. The molecule has 4 aromatic rings. The number of fused-ring (bicyclic) bond motifs is 1. The van der Waals surface area contributed by atoms with E-state index in [1.54, 1.807) is 48.0 Å². The van der Waals surface area contributed by atoms with E-state index in [-0.39, 0.29) is 52.4 Å². The first-order valence-corrected chi connectivity index (χ1v) is 15.0. The predicted octanol–water partition coefficient (Wildman–Crippen LogP) is 5.78. The molecule has 2 aromatic heterocycles. The van der Waals surface area contributed by atoms with Crippen molar-refractivity contribution in [3.05, 3.63) is 76.2 Å². The van der Waals surface area contributed by atoms with Crippen molar-refractivity contribution >= 4 is 40.1 Å². The highest BCUT2D eigenvalue weighted by Gasteiger charge is 2.44. The lowest BCUT2D eigenvalue weighted by molar-refractivity contribution is -0.141. The fourth-order valence-electron chi connectivity index (χ4n) is 6.12. The lowest BCUT2D eigenvalue weighted by Gasteiger charge is -2.33. The first kappa shape index (κ1) is 31.3. The van der Waals surface area contributed by atoms with Crippen molar-refractivity contribution in [1.82, 2.24) is 30.0 Å². The third-order valence-electron chi connectivity index (χ3n) is 8.61. The monoisotopic (exact) mass is 618 g/mol. The maximum absolute atomic E-state index is 14.9. The summed E-state index contributed by atoms with van der Waals surface area (Å²) in [5.41, 5.74) is 2.55. The molecule has 5 rings (SSSR count). The molecule has 1 N–H and O–H groups in total. The molecule has 1 saturated heterocycles. The normalized spacial score (nSPS) is 18.6. The molecular weight excluding hydrogens is 583 g/mol. The summed E-state index contributed by atoms with van der Waals surface area (Å²) in [5.74, 6) is -0.808. The number of hydrogen-bond donors (Lipinski definition) is 1. The van der Waals surface area contributed by atoms with E-state index in [0.29, 0.717) is 23.1 Å². The van der Waals surface area contributed by atoms with Gasteiger partial charge in [0.2, 0.25) is 11.8 Å². The van der Waals surface area contributed by atoms with Crippen molar-refractivity contribution in [1.29, 1.82) is 0 Å². The molecule has 0 aliphatic carbocycles. The van der Waals surface area contributed by atoms with Gasteiger partial charge in [-0.3, -0.25) is 19.1 Å². The second-order valence-corrected chi connectivity index (χ2v) is 12.7. The zero-order chi connectivity index (χ0) is 32.1. The fraction of sp³-hybridized carbons (Fsp3) is 0.394. The van der Waals surface area contributed by atoms with Crippen LogP contribution in [-0.4, -0.2) is 54.3 Å². The van der Waals surface area contributed by atoms with Gasteiger partial charge in [0.05, 0.1) is 16.1 Å². The standard InChI is InChI=1S/C33H36ClFN6O3/c1-17-12-27(32(44)38-33(6,7)25-9-8-10-26(34)29(25)35)41(19(17)3)28(43)16-40-31-18(2)11-22(23-14-36-21(5)37-15-23)13-24(31)30(39-40)20(4)42/h8-11,13-15,17,19,27H,12,16H2,1-7H3,(H,38,44)/t17-,19+,27-/m0/s1. The summed E-state index contributed by atoms with van der Waals surface area (Å²) in [4.78, 5) is 50.5. The van der Waals surface area contributed by atoms with Gasteiger partial charge in [0.25, 0.3) is 0 Å². The first-order valence-electron chi connectivity index (χ1n) is 14.6. The molecule has 1 aliphatic heterocycles. The van der Waals surface area contributed by atoms with Crippen LogP contribution >= 0.6 is 11.6 Å². The number of halogens is 2. The molecule has 9 nitrogen and oxygen atoms in total. The van der Waals surface area contributed by atoms with Crippen molar-refractivity contribution in [2.75, 3.05) is 0 Å². The maximum atomic E-state index is 14.9. The number of likely N-dealkylation sites (tertiary alicyclic amines) is 1. The Morgan fingerprint density at radius 1 is 1.09 bits per heavy atom. The van der Waals surface area contributed by atoms with Crippen LogP contribution in [0.25, 0.3) is 22.0 Å². The highest BCUT2D eigenvalue weighted by atomic mass is 35.5. The van der Waals surface area contributed by atoms with Crippen LogP contribution in [0.2, 0.25) is 5.02 Å². The van der Waals surface area contributed by atoms with E-state index in [1.165, 1.54) is 13.0 Å². The Kier molecular flexibility index (Phi) is 8.33. The van der Waals surface area contributed by atoms with Crippen LogP contribution in [0, 0.1) is 25.6 Å². The molecule has 0 radical (unpaired) electrons. The van der Waals surface area contributed by atoms with Gasteiger partial charge in [0.1, 0.15) is 29.9 Å². The molecule has 11 heteroatoms. The minimum absolute atomic E-state index is 0.0317. The van der Waals surface area contributed by atoms with Gasteiger partial charge in [-0.1, -0.05) is 30.7 Å². The van der Waals surface area contributed by atoms with Crippen LogP contribution in [0.4, 0.5) is 4.39 Å². The van der Waals surface area contributed by atoms with Crippen LogP contribution in [-0.2, 0) is 21.7 Å². The summed E-state index contributed by atoms with van der Waals surface area (Å²) in [7, 11) is 0. The highest BCUT2D eigenvalue weighted by molar-refractivity contribution is 6.30. The maximum Gasteiger partial charge on any atom is 0.245 e. The van der Waals surface area contributed by atoms with Crippen molar-refractivity contribution in [3.63, 3.8) is 0 Å². The number of ketones is 1. The van der Waals surface area contributed by atoms with Gasteiger partial charge in [0.15, 0.2) is 5.78 Å². The molecule has 0 unspecified atom stereocenters. The number of rotatable bonds is 7. The number of aromatic nitrogens is 4. The largest absolute Gasteiger partial charge is 0.345 e. The van der Waals surface area contributed by atoms with Gasteiger partial charge in [-0.2, -0.15) is 5.10 Å². The topological polar surface area (TPSA) is 110 Å². The zero-order valence-corrected chi connectivity index (χ0v) is 26.7. The van der Waals surface area contributed by atoms with Crippen LogP contribution in [0.1, 0.15) is 68.5 Å². The van der Waals surface area contributed by atoms with Gasteiger partial charge in [-0.05, 0) is 76.3 Å². The van der Waals surface area contributed by atoms with E-state index in [0.717, 1.165) is 16.7 Å². The molecule has 0 bridgehead atoms. The Hall–Kier alpha value is -4.18. The molecule has 0 spiro atoms. The number of aryl methyl sites for hydroxylation is 2. The summed E-state index contributed by atoms with van der Waals surface area (Å²) in [6, 6.07) is 7.50. The molecule has 0 saturated carbocycles. The van der Waals surface area contributed by atoms with Gasteiger partial charge < -0.3 is 10.2 Å². The molecular formula is C33H36ClFN6O3. The zero-order valence-electron chi connectivity index (χ0n) is 25.9. The molecule has 3 atom stereocenters. The van der Waals surface area contributed by atoms with Crippen molar-refractivity contribution in [3.8, 4) is 11.1 Å². The molecule has 2 amide bonds. The third-order valence-corrected chi connectivity index (χ3v) is 8.90. The average Bonchev–Trinajstić information content (AvgIpc) is 3.47. The van der Waals surface area contributed by atoms with Crippen LogP contribution in [0.5, 0.6) is 0 Å². The summed E-state index contributed by atoms with van der Waals surface area (Å²) in [6.45, 7) is 12.3. The number of nitrogens with zero attached hydrogens (tertiary/aromatic N) is 5. The first-order chi connectivity index (χ1) is 20.7. The van der Waals surface area contributed by atoms with E-state index >= 15 is 0 Å². The van der Waals surface area contributed by atoms with Crippen LogP contribution in [0.3, 0.4) is 0 Å². The lowest BCUT2D eigenvalue weighted by atomic mass is 9.93. The second kappa shape index (κ2) is 11.7. The van der Waals surface area contributed by atoms with Gasteiger partial charge >= 0.3 is 0 Å². The van der Waals surface area contributed by atoms with E-state index in [1.807, 2.05) is 39.8 Å². The minimum atomic E-state index is -1.08. The van der Waals surface area contributed by atoms with E-state index in [9.17, 15) is 18.8 Å². The van der Waals surface area contributed by atoms with E-state index in [4.69, 9.17) is 11.6 Å². The van der Waals surface area contributed by atoms with E-state index < -0.39 is 17.4 Å². The van der Waals surface area contributed by atoms with Crippen molar-refractivity contribution < 1.29 is 18.8 Å². The Morgan fingerprint density at radius 3 is 2.43 bits per heavy atom. The summed E-state index contributed by atoms with van der Waals surface area (Å²) >= 11 is 6.01. The van der Waals surface area contributed by atoms with Crippen molar-refractivity contribution in [2.24, 2.45) is 5.92 Å². The van der Waals surface area contributed by atoms with Gasteiger partial charge in [-0.25, -0.2) is 14.4 Å². The summed E-state index contributed by atoms with van der Waals surface area (Å²) in [6.07, 6.45) is 3.91. The minimum Gasteiger partial charge on any atom is -0.345 e. The molecule has 230 valence electrons.